The molecule has 0 bridgehead atoms. The summed E-state index contributed by atoms with van der Waals surface area (Å²) in [5, 5.41) is 12.6. The van der Waals surface area contributed by atoms with Crippen molar-refractivity contribution in [3.63, 3.8) is 0 Å². The van der Waals surface area contributed by atoms with Gasteiger partial charge >= 0.3 is 29.6 Å². The Balaban J connectivity index is 0.00000225. The maximum atomic E-state index is 11.3. The Morgan fingerprint density at radius 2 is 1.80 bits per heavy atom. The van der Waals surface area contributed by atoms with Crippen LogP contribution in [0.25, 0.3) is 10.6 Å². The molecule has 0 unspecified atom stereocenters. The van der Waals surface area contributed by atoms with Crippen molar-refractivity contribution in [3.8, 4) is 16.5 Å². The smallest absolute Gasteiger partial charge is 0.544 e. The van der Waals surface area contributed by atoms with Crippen LogP contribution >= 0.6 is 22.9 Å². The first-order valence-corrected chi connectivity index (χ1v) is 8.39. The van der Waals surface area contributed by atoms with Crippen molar-refractivity contribution < 1.29 is 44.2 Å². The number of thiazole rings is 1. The summed E-state index contributed by atoms with van der Waals surface area (Å²) in [5.41, 5.74) is 2.83. The maximum Gasteiger partial charge on any atom is 1.00 e. The third-order valence-corrected chi connectivity index (χ3v) is 4.69. The maximum absolute atomic E-state index is 11.3. The van der Waals surface area contributed by atoms with Gasteiger partial charge in [0.2, 0.25) is 5.88 Å². The van der Waals surface area contributed by atoms with Gasteiger partial charge in [-0.25, -0.2) is 4.98 Å². The molecule has 2 aromatic carbocycles. The molecule has 0 saturated heterocycles. The van der Waals surface area contributed by atoms with Gasteiger partial charge in [0.15, 0.2) is 0 Å². The molecule has 0 aliphatic heterocycles. The predicted molar refractivity (Wildman–Crippen MR) is 92.4 cm³/mol. The van der Waals surface area contributed by atoms with Gasteiger partial charge in [-0.1, -0.05) is 53.6 Å². The van der Waals surface area contributed by atoms with Crippen molar-refractivity contribution in [2.45, 2.75) is 13.5 Å². The Bertz CT molecular complexity index is 863. The van der Waals surface area contributed by atoms with Crippen LogP contribution in [-0.2, 0) is 6.61 Å². The first kappa shape index (κ1) is 19.9. The van der Waals surface area contributed by atoms with Crippen molar-refractivity contribution in [2.24, 2.45) is 0 Å². The topological polar surface area (TPSA) is 62.2 Å². The molecule has 3 rings (SSSR count). The number of ether oxygens (including phenoxy) is 1. The van der Waals surface area contributed by atoms with Crippen LogP contribution in [0.1, 0.15) is 20.8 Å². The molecular formula is C18H13ClNNaO3S. The predicted octanol–water partition coefficient (Wildman–Crippen LogP) is 0.718. The molecule has 0 saturated carbocycles. The number of nitrogens with zero attached hydrogens (tertiary/aromatic N) is 1. The number of benzene rings is 2. The largest absolute Gasteiger partial charge is 1.00 e. The van der Waals surface area contributed by atoms with Crippen molar-refractivity contribution in [1.82, 2.24) is 4.98 Å². The summed E-state index contributed by atoms with van der Waals surface area (Å²) in [6.45, 7) is 2.19. The van der Waals surface area contributed by atoms with Crippen LogP contribution in [0.3, 0.4) is 0 Å². The molecule has 0 fully saturated rings. The number of hydrogen-bond donors (Lipinski definition) is 0. The summed E-state index contributed by atoms with van der Waals surface area (Å²) < 4.78 is 5.59. The fraction of sp³-hybridized carbons (Fsp3) is 0.111. The zero-order valence-corrected chi connectivity index (χ0v) is 17.4. The quantitative estimate of drug-likeness (QED) is 0.611. The van der Waals surface area contributed by atoms with Crippen molar-refractivity contribution >= 4 is 28.9 Å². The molecule has 1 aromatic heterocycles. The van der Waals surface area contributed by atoms with Gasteiger partial charge in [-0.05, 0) is 24.6 Å². The Labute approximate surface area is 176 Å². The van der Waals surface area contributed by atoms with Gasteiger partial charge in [0.1, 0.15) is 16.5 Å². The second-order valence-corrected chi connectivity index (χ2v) is 6.66. The van der Waals surface area contributed by atoms with Gasteiger partial charge in [-0.3, -0.25) is 0 Å². The number of aromatic carboxylic acids is 1. The third-order valence-electron chi connectivity index (χ3n) is 3.37. The van der Waals surface area contributed by atoms with Crippen molar-refractivity contribution in [2.75, 3.05) is 0 Å². The summed E-state index contributed by atoms with van der Waals surface area (Å²) in [6, 6.07) is 14.8. The van der Waals surface area contributed by atoms with Crippen LogP contribution in [-0.4, -0.2) is 11.0 Å². The Kier molecular flexibility index (Phi) is 7.04. The molecule has 25 heavy (non-hydrogen) atoms. The average Bonchev–Trinajstić information content (AvgIpc) is 2.99. The number of carboxylic acids is 1. The van der Waals surface area contributed by atoms with E-state index in [-0.39, 0.29) is 46.9 Å². The van der Waals surface area contributed by atoms with Gasteiger partial charge in [-0.15, -0.1) is 11.3 Å². The van der Waals surface area contributed by atoms with E-state index in [1.807, 2.05) is 43.3 Å². The molecular weight excluding hydrogens is 369 g/mol. The number of aromatic nitrogens is 1. The number of carbonyl (C=O) groups is 1. The van der Waals surface area contributed by atoms with E-state index in [1.54, 1.807) is 12.1 Å². The molecule has 122 valence electrons. The molecule has 0 radical (unpaired) electrons. The van der Waals surface area contributed by atoms with E-state index in [0.29, 0.717) is 10.0 Å². The minimum Gasteiger partial charge on any atom is -0.544 e. The molecule has 3 aromatic rings. The first-order valence-electron chi connectivity index (χ1n) is 7.19. The molecule has 0 aliphatic rings. The number of rotatable bonds is 5. The van der Waals surface area contributed by atoms with Crippen LogP contribution in [0.2, 0.25) is 5.02 Å². The summed E-state index contributed by atoms with van der Waals surface area (Å²) in [6.07, 6.45) is 0. The second-order valence-electron chi connectivity index (χ2n) is 5.22. The summed E-state index contributed by atoms with van der Waals surface area (Å²) in [7, 11) is 0. The normalized spacial score (nSPS) is 10.2. The summed E-state index contributed by atoms with van der Waals surface area (Å²) >= 11 is 6.89. The average molecular weight is 382 g/mol. The van der Waals surface area contributed by atoms with E-state index < -0.39 is 5.97 Å². The van der Waals surface area contributed by atoms with Gasteiger partial charge < -0.3 is 14.6 Å². The summed E-state index contributed by atoms with van der Waals surface area (Å²) in [4.78, 5) is 15.6. The van der Waals surface area contributed by atoms with Crippen molar-refractivity contribution in [1.29, 1.82) is 0 Å². The zero-order chi connectivity index (χ0) is 17.1. The molecule has 1 heterocycles. The van der Waals surface area contributed by atoms with Crippen LogP contribution in [0.15, 0.2) is 48.5 Å². The third kappa shape index (κ3) is 5.06. The Morgan fingerprint density at radius 1 is 1.16 bits per heavy atom. The monoisotopic (exact) mass is 381 g/mol. The molecule has 7 heteroatoms. The number of hydrogen-bond acceptors (Lipinski definition) is 5. The molecule has 0 atom stereocenters. The molecule has 4 nitrogen and oxygen atoms in total. The van der Waals surface area contributed by atoms with Crippen LogP contribution in [0.5, 0.6) is 5.88 Å². The van der Waals surface area contributed by atoms with Crippen LogP contribution in [0, 0.1) is 6.92 Å². The minimum atomic E-state index is -1.29. The van der Waals surface area contributed by atoms with Gasteiger partial charge in [-0.2, -0.15) is 0 Å². The van der Waals surface area contributed by atoms with E-state index in [4.69, 9.17) is 16.3 Å². The summed E-state index contributed by atoms with van der Waals surface area (Å²) in [5.74, 6) is -1.22. The van der Waals surface area contributed by atoms with Crippen LogP contribution < -0.4 is 39.4 Å². The zero-order valence-electron chi connectivity index (χ0n) is 13.8. The van der Waals surface area contributed by atoms with E-state index in [0.717, 1.165) is 28.0 Å². The minimum absolute atomic E-state index is 0. The first-order chi connectivity index (χ1) is 11.5. The van der Waals surface area contributed by atoms with E-state index >= 15 is 0 Å². The fourth-order valence-corrected chi connectivity index (χ4v) is 3.06. The van der Waals surface area contributed by atoms with Gasteiger partial charge in [0.25, 0.3) is 0 Å². The Hall–Kier alpha value is -1.37. The Morgan fingerprint density at radius 3 is 2.40 bits per heavy atom. The number of aryl methyl sites for hydroxylation is 1. The SMILES string of the molecule is Cc1ccc(-c2nc(OCc3ccc(Cl)cc3)c(C(=O)[O-])s2)cc1.[Na+]. The van der Waals surface area contributed by atoms with E-state index in [1.165, 1.54) is 0 Å². The second kappa shape index (κ2) is 8.83. The van der Waals surface area contributed by atoms with Gasteiger partial charge in [0, 0.05) is 10.6 Å². The number of carboxylic acid groups (broad SMARTS) is 1. The number of halogens is 1. The standard InChI is InChI=1S/C18H14ClNO3S.Na/c1-11-2-6-13(7-3-11)17-20-16(15(24-17)18(21)22)23-10-12-4-8-14(19)9-5-12;/h2-9H,10H2,1H3,(H,21,22);/q;+1/p-1. The van der Waals surface area contributed by atoms with E-state index in [2.05, 4.69) is 4.98 Å². The molecule has 0 N–H and O–H groups in total. The van der Waals surface area contributed by atoms with Crippen LogP contribution in [0.4, 0.5) is 0 Å². The van der Waals surface area contributed by atoms with Gasteiger partial charge in [0.05, 0.1) is 5.97 Å². The molecule has 0 amide bonds. The fourth-order valence-electron chi connectivity index (χ4n) is 2.08. The molecule has 0 spiro atoms. The van der Waals surface area contributed by atoms with Crippen molar-refractivity contribution in [3.05, 3.63) is 69.6 Å². The van der Waals surface area contributed by atoms with E-state index in [9.17, 15) is 9.90 Å². The molecule has 0 aliphatic carbocycles. The number of carbonyl (C=O) groups excluding carboxylic acids is 1.